The molecule has 0 fully saturated rings. The van der Waals surface area contributed by atoms with Crippen LogP contribution < -0.4 is 10.5 Å². The van der Waals surface area contributed by atoms with Gasteiger partial charge in [0.25, 0.3) is 0 Å². The smallest absolute Gasteiger partial charge is 0.127 e. The maximum absolute atomic E-state index is 6.10. The van der Waals surface area contributed by atoms with E-state index in [0.29, 0.717) is 6.61 Å². The SMILES string of the molecule is CCOc1ccccc1-c1c(N)sc(C)c1C. The Labute approximate surface area is 106 Å². The highest BCUT2D eigenvalue weighted by Crippen LogP contribution is 2.41. The zero-order valence-corrected chi connectivity index (χ0v) is 11.2. The molecule has 90 valence electrons. The molecule has 0 spiro atoms. The number of aryl methyl sites for hydroxylation is 1. The second kappa shape index (κ2) is 4.80. The van der Waals surface area contributed by atoms with Gasteiger partial charge in [-0.2, -0.15) is 0 Å². The van der Waals surface area contributed by atoms with Gasteiger partial charge in [0, 0.05) is 16.0 Å². The van der Waals surface area contributed by atoms with Gasteiger partial charge in [-0.25, -0.2) is 0 Å². The number of rotatable bonds is 3. The third kappa shape index (κ3) is 2.15. The standard InChI is InChI=1S/C14H17NOS/c1-4-16-12-8-6-5-7-11(12)13-9(2)10(3)17-14(13)15/h5-8H,4,15H2,1-3H3. The molecule has 0 aliphatic heterocycles. The summed E-state index contributed by atoms with van der Waals surface area (Å²) in [6.45, 7) is 6.87. The van der Waals surface area contributed by atoms with E-state index in [1.807, 2.05) is 25.1 Å². The average Bonchev–Trinajstić information content (AvgIpc) is 2.55. The summed E-state index contributed by atoms with van der Waals surface area (Å²) in [6.07, 6.45) is 0. The fourth-order valence-corrected chi connectivity index (χ4v) is 2.89. The first-order valence-electron chi connectivity index (χ1n) is 5.72. The number of anilines is 1. The molecular weight excluding hydrogens is 230 g/mol. The van der Waals surface area contributed by atoms with Crippen molar-refractivity contribution in [3.05, 3.63) is 34.7 Å². The molecule has 2 rings (SSSR count). The molecule has 3 heteroatoms. The summed E-state index contributed by atoms with van der Waals surface area (Å²) in [5.41, 5.74) is 9.57. The summed E-state index contributed by atoms with van der Waals surface area (Å²) in [4.78, 5) is 1.27. The molecule has 2 N–H and O–H groups in total. The van der Waals surface area contributed by atoms with E-state index in [1.165, 1.54) is 10.4 Å². The van der Waals surface area contributed by atoms with Crippen LogP contribution >= 0.6 is 11.3 Å². The van der Waals surface area contributed by atoms with E-state index in [2.05, 4.69) is 19.9 Å². The van der Waals surface area contributed by atoms with Crippen molar-refractivity contribution in [2.75, 3.05) is 12.3 Å². The van der Waals surface area contributed by atoms with Crippen LogP contribution in [0.3, 0.4) is 0 Å². The van der Waals surface area contributed by atoms with Gasteiger partial charge in [0.05, 0.1) is 11.6 Å². The molecule has 0 saturated heterocycles. The number of nitrogens with two attached hydrogens (primary N) is 1. The van der Waals surface area contributed by atoms with Gasteiger partial charge >= 0.3 is 0 Å². The molecule has 0 atom stereocenters. The van der Waals surface area contributed by atoms with Crippen LogP contribution in [0.5, 0.6) is 5.75 Å². The van der Waals surface area contributed by atoms with Crippen LogP contribution in [0.25, 0.3) is 11.1 Å². The van der Waals surface area contributed by atoms with Crippen molar-refractivity contribution >= 4 is 16.3 Å². The van der Waals surface area contributed by atoms with E-state index >= 15 is 0 Å². The Morgan fingerprint density at radius 1 is 1.24 bits per heavy atom. The summed E-state index contributed by atoms with van der Waals surface area (Å²) in [5.74, 6) is 0.905. The third-order valence-corrected chi connectivity index (χ3v) is 3.91. The number of hydrogen-bond donors (Lipinski definition) is 1. The van der Waals surface area contributed by atoms with Gasteiger partial charge < -0.3 is 10.5 Å². The Morgan fingerprint density at radius 3 is 2.53 bits per heavy atom. The van der Waals surface area contributed by atoms with Gasteiger partial charge in [-0.05, 0) is 32.4 Å². The van der Waals surface area contributed by atoms with Crippen LogP contribution in [0.15, 0.2) is 24.3 Å². The summed E-state index contributed by atoms with van der Waals surface area (Å²) >= 11 is 1.64. The lowest BCUT2D eigenvalue weighted by Crippen LogP contribution is -1.95. The van der Waals surface area contributed by atoms with E-state index < -0.39 is 0 Å². The third-order valence-electron chi connectivity index (χ3n) is 2.87. The molecule has 0 saturated carbocycles. The highest BCUT2D eigenvalue weighted by molar-refractivity contribution is 7.16. The van der Waals surface area contributed by atoms with Gasteiger partial charge in [0.2, 0.25) is 0 Å². The Hall–Kier alpha value is -1.48. The quantitative estimate of drug-likeness (QED) is 0.889. The topological polar surface area (TPSA) is 35.2 Å². The Balaban J connectivity index is 2.59. The molecule has 0 radical (unpaired) electrons. The van der Waals surface area contributed by atoms with E-state index in [-0.39, 0.29) is 0 Å². The summed E-state index contributed by atoms with van der Waals surface area (Å²) in [6, 6.07) is 8.06. The van der Waals surface area contributed by atoms with E-state index in [0.717, 1.165) is 21.9 Å². The first-order valence-corrected chi connectivity index (χ1v) is 6.54. The van der Waals surface area contributed by atoms with Crippen molar-refractivity contribution in [2.24, 2.45) is 0 Å². The predicted molar refractivity (Wildman–Crippen MR) is 74.8 cm³/mol. The van der Waals surface area contributed by atoms with Crippen molar-refractivity contribution in [3.63, 3.8) is 0 Å². The summed E-state index contributed by atoms with van der Waals surface area (Å²) in [5, 5.41) is 0.868. The van der Waals surface area contributed by atoms with Gasteiger partial charge in [-0.15, -0.1) is 11.3 Å². The molecule has 1 heterocycles. The first-order chi connectivity index (χ1) is 8.15. The minimum Gasteiger partial charge on any atom is -0.493 e. The van der Waals surface area contributed by atoms with Crippen LogP contribution in [0.1, 0.15) is 17.4 Å². The zero-order chi connectivity index (χ0) is 12.4. The highest BCUT2D eigenvalue weighted by atomic mass is 32.1. The molecule has 0 unspecified atom stereocenters. The average molecular weight is 247 g/mol. The minimum absolute atomic E-state index is 0.666. The van der Waals surface area contributed by atoms with E-state index in [4.69, 9.17) is 10.5 Å². The maximum Gasteiger partial charge on any atom is 0.127 e. The summed E-state index contributed by atoms with van der Waals surface area (Å²) < 4.78 is 5.66. The van der Waals surface area contributed by atoms with Crippen LogP contribution in [-0.4, -0.2) is 6.61 Å². The predicted octanol–water partition coefficient (Wildman–Crippen LogP) is 4.01. The highest BCUT2D eigenvalue weighted by Gasteiger charge is 2.15. The van der Waals surface area contributed by atoms with Gasteiger partial charge in [0.15, 0.2) is 0 Å². The monoisotopic (exact) mass is 247 g/mol. The fraction of sp³-hybridized carbons (Fsp3) is 0.286. The van der Waals surface area contributed by atoms with Crippen LogP contribution in [0, 0.1) is 13.8 Å². The second-order valence-corrected chi connectivity index (χ2v) is 5.21. The number of hydrogen-bond acceptors (Lipinski definition) is 3. The molecule has 0 aliphatic carbocycles. The van der Waals surface area contributed by atoms with Crippen molar-refractivity contribution in [2.45, 2.75) is 20.8 Å². The molecule has 0 bridgehead atoms. The lowest BCUT2D eigenvalue weighted by Gasteiger charge is -2.10. The first kappa shape index (κ1) is 12.0. The Kier molecular flexibility index (Phi) is 3.38. The Morgan fingerprint density at radius 2 is 1.94 bits per heavy atom. The van der Waals surface area contributed by atoms with Crippen molar-refractivity contribution < 1.29 is 4.74 Å². The lowest BCUT2D eigenvalue weighted by atomic mass is 10.0. The minimum atomic E-state index is 0.666. The van der Waals surface area contributed by atoms with E-state index in [1.54, 1.807) is 11.3 Å². The summed E-state index contributed by atoms with van der Waals surface area (Å²) in [7, 11) is 0. The molecule has 2 nitrogen and oxygen atoms in total. The van der Waals surface area contributed by atoms with Gasteiger partial charge in [-0.3, -0.25) is 0 Å². The van der Waals surface area contributed by atoms with Gasteiger partial charge in [0.1, 0.15) is 5.75 Å². The molecule has 0 aliphatic rings. The number of ether oxygens (including phenoxy) is 1. The van der Waals surface area contributed by atoms with E-state index in [9.17, 15) is 0 Å². The fourth-order valence-electron chi connectivity index (χ4n) is 1.94. The van der Waals surface area contributed by atoms with Gasteiger partial charge in [-0.1, -0.05) is 18.2 Å². The molecule has 0 amide bonds. The number of para-hydroxylation sites is 1. The maximum atomic E-state index is 6.10. The second-order valence-electron chi connectivity index (χ2n) is 3.95. The molecule has 2 aromatic rings. The number of benzene rings is 1. The molecule has 1 aromatic heterocycles. The van der Waals surface area contributed by atoms with Crippen molar-refractivity contribution in [1.29, 1.82) is 0 Å². The largest absolute Gasteiger partial charge is 0.493 e. The number of nitrogen functional groups attached to an aromatic ring is 1. The molecular formula is C14H17NOS. The molecule has 17 heavy (non-hydrogen) atoms. The van der Waals surface area contributed by atoms with Crippen LogP contribution in [0.4, 0.5) is 5.00 Å². The van der Waals surface area contributed by atoms with Crippen LogP contribution in [-0.2, 0) is 0 Å². The van der Waals surface area contributed by atoms with Crippen molar-refractivity contribution in [3.8, 4) is 16.9 Å². The Bertz CT molecular complexity index is 531. The number of thiophene rings is 1. The normalized spacial score (nSPS) is 10.5. The molecule has 1 aromatic carbocycles. The zero-order valence-electron chi connectivity index (χ0n) is 10.4. The van der Waals surface area contributed by atoms with Crippen LogP contribution in [0.2, 0.25) is 0 Å². The lowest BCUT2D eigenvalue weighted by molar-refractivity contribution is 0.341. The van der Waals surface area contributed by atoms with Crippen molar-refractivity contribution in [1.82, 2.24) is 0 Å².